The van der Waals surface area contributed by atoms with Crippen LogP contribution in [-0.4, -0.2) is 13.6 Å². The molecule has 0 bridgehead atoms. The maximum atomic E-state index is 10.5. The van der Waals surface area contributed by atoms with Crippen LogP contribution in [-0.2, 0) is 0 Å². The number of rotatable bonds is 1. The summed E-state index contributed by atoms with van der Waals surface area (Å²) >= 11 is 0. The zero-order valence-corrected chi connectivity index (χ0v) is 6.30. The van der Waals surface area contributed by atoms with E-state index in [9.17, 15) is 4.79 Å². The number of hydrogen-bond acceptors (Lipinski definition) is 1. The van der Waals surface area contributed by atoms with Crippen molar-refractivity contribution in [1.82, 2.24) is 0 Å². The van der Waals surface area contributed by atoms with E-state index >= 15 is 0 Å². The normalized spacial score (nSPS) is 10.9. The third-order valence-corrected chi connectivity index (χ3v) is 2.12. The minimum atomic E-state index is -1.82. The number of amides is 1. The first-order chi connectivity index (χ1) is 3.48. The molecule has 46 valence electrons. The SMILES string of the molecule is C[Si](C)(C)C(=O)N=[N-]. The summed E-state index contributed by atoms with van der Waals surface area (Å²) in [6.07, 6.45) is 0. The molecule has 0 saturated heterocycles. The summed E-state index contributed by atoms with van der Waals surface area (Å²) in [7, 11) is -1.82. The molecule has 0 unspecified atom stereocenters. The quantitative estimate of drug-likeness (QED) is 0.395. The van der Waals surface area contributed by atoms with Crippen molar-refractivity contribution in [3.05, 3.63) is 5.53 Å². The van der Waals surface area contributed by atoms with Crippen LogP contribution in [0.3, 0.4) is 0 Å². The van der Waals surface area contributed by atoms with Crippen LogP contribution in [0.4, 0.5) is 4.79 Å². The maximum absolute atomic E-state index is 10.5. The largest absolute Gasteiger partial charge is 0.704 e. The van der Waals surface area contributed by atoms with E-state index in [2.05, 4.69) is 5.11 Å². The molecule has 0 aliphatic carbocycles. The van der Waals surface area contributed by atoms with Crippen molar-refractivity contribution in [2.75, 3.05) is 0 Å². The first-order valence-electron chi connectivity index (χ1n) is 2.38. The molecule has 3 nitrogen and oxygen atoms in total. The van der Waals surface area contributed by atoms with Gasteiger partial charge in [0.2, 0.25) is 0 Å². The van der Waals surface area contributed by atoms with Crippen LogP contribution in [0.1, 0.15) is 0 Å². The Morgan fingerprint density at radius 3 is 1.88 bits per heavy atom. The van der Waals surface area contributed by atoms with Crippen molar-refractivity contribution in [2.45, 2.75) is 19.6 Å². The second-order valence-corrected chi connectivity index (χ2v) is 7.58. The molecule has 0 N–H and O–H groups in total. The topological polar surface area (TPSA) is 51.7 Å². The van der Waals surface area contributed by atoms with E-state index in [1.165, 1.54) is 0 Å². The average Bonchev–Trinajstić information content (AvgIpc) is 1.62. The van der Waals surface area contributed by atoms with Gasteiger partial charge in [-0.3, -0.25) is 4.79 Å². The van der Waals surface area contributed by atoms with Crippen LogP contribution >= 0.6 is 0 Å². The molecular formula is C4H9N2OSi-. The van der Waals surface area contributed by atoms with Gasteiger partial charge in [0.05, 0.1) is 0 Å². The molecule has 0 aromatic heterocycles. The van der Waals surface area contributed by atoms with Gasteiger partial charge in [-0.05, 0) is 0 Å². The predicted octanol–water partition coefficient (Wildman–Crippen LogP) is 2.05. The van der Waals surface area contributed by atoms with E-state index in [4.69, 9.17) is 5.53 Å². The summed E-state index contributed by atoms with van der Waals surface area (Å²) in [5.41, 5.74) is 7.63. The van der Waals surface area contributed by atoms with Crippen LogP contribution in [0, 0.1) is 0 Å². The van der Waals surface area contributed by atoms with Gasteiger partial charge >= 0.3 is 0 Å². The summed E-state index contributed by atoms with van der Waals surface area (Å²) in [6.45, 7) is 5.49. The summed E-state index contributed by atoms with van der Waals surface area (Å²) in [5.74, 6) is 0. The second-order valence-electron chi connectivity index (χ2n) is 2.66. The number of carbonyl (C=O) groups excluding carboxylic acids is 1. The maximum Gasteiger partial charge on any atom is 0.197 e. The van der Waals surface area contributed by atoms with Gasteiger partial charge in [0.15, 0.2) is 13.6 Å². The van der Waals surface area contributed by atoms with Crippen molar-refractivity contribution in [3.8, 4) is 0 Å². The molecule has 0 heterocycles. The molecule has 1 amide bonds. The standard InChI is InChI=1S/C4H9N2OSi/c1-8(2,3)4(7)6-5/h1-3H3/q-1. The molecule has 0 aliphatic rings. The van der Waals surface area contributed by atoms with Crippen molar-refractivity contribution in [2.24, 2.45) is 5.11 Å². The first-order valence-corrected chi connectivity index (χ1v) is 5.88. The number of carbonyl (C=O) groups is 1. The zero-order chi connectivity index (χ0) is 6.78. The van der Waals surface area contributed by atoms with Crippen LogP contribution in [0.25, 0.3) is 5.53 Å². The second kappa shape index (κ2) is 2.17. The lowest BCUT2D eigenvalue weighted by Gasteiger charge is -2.10. The lowest BCUT2D eigenvalue weighted by molar-refractivity contribution is 0.264. The van der Waals surface area contributed by atoms with Gasteiger partial charge in [-0.2, -0.15) is 0 Å². The average molecular weight is 129 g/mol. The van der Waals surface area contributed by atoms with Crippen LogP contribution in [0.5, 0.6) is 0 Å². The highest BCUT2D eigenvalue weighted by Gasteiger charge is 2.20. The Labute approximate surface area is 49.6 Å². The highest BCUT2D eigenvalue weighted by molar-refractivity contribution is 7.03. The lowest BCUT2D eigenvalue weighted by Crippen LogP contribution is -2.29. The van der Waals surface area contributed by atoms with Gasteiger partial charge in [-0.1, -0.05) is 19.6 Å². The number of nitrogens with zero attached hydrogens (tertiary/aromatic N) is 2. The fourth-order valence-corrected chi connectivity index (χ4v) is 0.450. The molecule has 0 fully saturated rings. The van der Waals surface area contributed by atoms with Gasteiger partial charge in [-0.25, -0.2) is 0 Å². The van der Waals surface area contributed by atoms with Gasteiger partial charge in [0.1, 0.15) is 0 Å². The van der Waals surface area contributed by atoms with Gasteiger partial charge < -0.3 is 10.6 Å². The third kappa shape index (κ3) is 1.97. The van der Waals surface area contributed by atoms with Crippen LogP contribution in [0.2, 0.25) is 19.6 Å². The molecule has 4 heteroatoms. The van der Waals surface area contributed by atoms with E-state index in [-0.39, 0.29) is 5.53 Å². The predicted molar refractivity (Wildman–Crippen MR) is 34.5 cm³/mol. The fraction of sp³-hybridized carbons (Fsp3) is 0.750. The molecular weight excluding hydrogens is 120 g/mol. The highest BCUT2D eigenvalue weighted by Crippen LogP contribution is 2.03. The minimum absolute atomic E-state index is 0.350. The molecule has 8 heavy (non-hydrogen) atoms. The minimum Gasteiger partial charge on any atom is -0.704 e. The fourth-order valence-electron chi connectivity index (χ4n) is 0.150. The zero-order valence-electron chi connectivity index (χ0n) is 5.30. The summed E-state index contributed by atoms with van der Waals surface area (Å²) in [6, 6.07) is 0. The molecule has 0 saturated carbocycles. The van der Waals surface area contributed by atoms with E-state index in [0.717, 1.165) is 0 Å². The van der Waals surface area contributed by atoms with Gasteiger partial charge in [0.25, 0.3) is 0 Å². The molecule has 0 atom stereocenters. The molecule has 0 aromatic rings. The summed E-state index contributed by atoms with van der Waals surface area (Å²) in [4.78, 5) is 10.5. The Hall–Kier alpha value is -0.513. The Morgan fingerprint density at radius 2 is 1.88 bits per heavy atom. The molecule has 0 rings (SSSR count). The number of hydrogen-bond donors (Lipinski definition) is 0. The van der Waals surface area contributed by atoms with Crippen LogP contribution in [0.15, 0.2) is 5.11 Å². The van der Waals surface area contributed by atoms with Crippen molar-refractivity contribution in [3.63, 3.8) is 0 Å². The Kier molecular flexibility index (Phi) is 2.03. The van der Waals surface area contributed by atoms with Crippen molar-refractivity contribution < 1.29 is 4.79 Å². The molecule has 0 aliphatic heterocycles. The van der Waals surface area contributed by atoms with E-state index in [0.29, 0.717) is 0 Å². The Balaban J connectivity index is 4.02. The summed E-state index contributed by atoms with van der Waals surface area (Å²) < 4.78 is 0. The van der Waals surface area contributed by atoms with Crippen LogP contribution < -0.4 is 0 Å². The summed E-state index contributed by atoms with van der Waals surface area (Å²) in [5, 5.41) is 2.58. The van der Waals surface area contributed by atoms with Gasteiger partial charge in [0, 0.05) is 0 Å². The molecule has 0 spiro atoms. The Bertz CT molecular complexity index is 116. The molecule has 0 radical (unpaired) electrons. The van der Waals surface area contributed by atoms with E-state index in [1.807, 2.05) is 19.6 Å². The molecule has 0 aromatic carbocycles. The van der Waals surface area contributed by atoms with Gasteiger partial charge in [-0.15, -0.1) is 0 Å². The van der Waals surface area contributed by atoms with E-state index in [1.54, 1.807) is 0 Å². The van der Waals surface area contributed by atoms with Crippen molar-refractivity contribution >= 4 is 13.6 Å². The third-order valence-electron chi connectivity index (χ3n) is 0.732. The highest BCUT2D eigenvalue weighted by atomic mass is 28.3. The van der Waals surface area contributed by atoms with E-state index < -0.39 is 8.07 Å². The smallest absolute Gasteiger partial charge is 0.197 e. The monoisotopic (exact) mass is 129 g/mol. The Morgan fingerprint density at radius 1 is 1.50 bits per heavy atom. The lowest BCUT2D eigenvalue weighted by atomic mass is 11.4. The first kappa shape index (κ1) is 7.49. The van der Waals surface area contributed by atoms with Crippen molar-refractivity contribution in [1.29, 1.82) is 0 Å².